The van der Waals surface area contributed by atoms with Crippen molar-refractivity contribution < 1.29 is 0 Å². The van der Waals surface area contributed by atoms with Gasteiger partial charge in [-0.2, -0.15) is 0 Å². The van der Waals surface area contributed by atoms with E-state index in [0.29, 0.717) is 0 Å². The number of nitrogens with two attached hydrogens (primary N) is 1. The Kier molecular flexibility index (Phi) is 3.91. The molecule has 0 atom stereocenters. The maximum absolute atomic E-state index is 6.08. The molecule has 0 unspecified atom stereocenters. The molecule has 0 amide bonds. The predicted octanol–water partition coefficient (Wildman–Crippen LogP) is 1.41. The fraction of sp³-hybridized carbons (Fsp3) is 1.00. The van der Waals surface area contributed by atoms with Crippen LogP contribution in [0.3, 0.4) is 0 Å². The highest BCUT2D eigenvalue weighted by molar-refractivity contribution is 4.78. The molecule has 0 aliphatic carbocycles. The van der Waals surface area contributed by atoms with Gasteiger partial charge in [0.1, 0.15) is 0 Å². The molecule has 2 N–H and O–H groups in total. The van der Waals surface area contributed by atoms with E-state index in [0.717, 1.165) is 19.4 Å². The summed E-state index contributed by atoms with van der Waals surface area (Å²) in [6.07, 6.45) is 2.04. The van der Waals surface area contributed by atoms with Gasteiger partial charge in [0.15, 0.2) is 0 Å². The summed E-state index contributed by atoms with van der Waals surface area (Å²) in [6.45, 7) is 7.43. The van der Waals surface area contributed by atoms with Crippen molar-refractivity contribution in [2.75, 3.05) is 13.6 Å². The summed E-state index contributed by atoms with van der Waals surface area (Å²) < 4.78 is 0. The van der Waals surface area contributed by atoms with E-state index in [1.54, 1.807) is 0 Å². The van der Waals surface area contributed by atoms with Gasteiger partial charge in [-0.05, 0) is 26.4 Å². The van der Waals surface area contributed by atoms with Crippen LogP contribution >= 0.6 is 0 Å². The summed E-state index contributed by atoms with van der Waals surface area (Å²) in [5.41, 5.74) is 6.00. The van der Waals surface area contributed by atoms with Gasteiger partial charge in [-0.15, -0.1) is 0 Å². The van der Waals surface area contributed by atoms with E-state index in [1.807, 2.05) is 0 Å². The van der Waals surface area contributed by atoms with E-state index >= 15 is 0 Å². The Morgan fingerprint density at radius 3 is 1.70 bits per heavy atom. The third kappa shape index (κ3) is 1.96. The van der Waals surface area contributed by atoms with Gasteiger partial charge in [0, 0.05) is 0 Å². The molecule has 0 aliphatic rings. The fourth-order valence-corrected chi connectivity index (χ4v) is 1.10. The second-order valence-electron chi connectivity index (χ2n) is 2.82. The third-order valence-electron chi connectivity index (χ3n) is 2.46. The molecule has 0 aromatic heterocycles. The van der Waals surface area contributed by atoms with E-state index < -0.39 is 0 Å². The Morgan fingerprint density at radius 2 is 1.60 bits per heavy atom. The molecule has 0 aromatic rings. The lowest BCUT2D eigenvalue weighted by Gasteiger charge is -2.36. The molecule has 0 spiro atoms. The first-order valence-electron chi connectivity index (χ1n) is 4.10. The quantitative estimate of drug-likeness (QED) is 0.604. The summed E-state index contributed by atoms with van der Waals surface area (Å²) in [5.74, 6) is 0. The highest BCUT2D eigenvalue weighted by Gasteiger charge is 2.23. The summed E-state index contributed by atoms with van der Waals surface area (Å²) in [6, 6.07) is 0. The van der Waals surface area contributed by atoms with Crippen molar-refractivity contribution in [1.82, 2.24) is 4.90 Å². The van der Waals surface area contributed by atoms with Crippen LogP contribution in [0.1, 0.15) is 33.6 Å². The Balaban J connectivity index is 4.02. The standard InChI is InChI=1S/C8H20N2/c1-5-8(9,6-2)10(4)7-3/h5-7,9H2,1-4H3. The van der Waals surface area contributed by atoms with Crippen LogP contribution < -0.4 is 5.73 Å². The van der Waals surface area contributed by atoms with Crippen LogP contribution in [-0.2, 0) is 0 Å². The molecule has 10 heavy (non-hydrogen) atoms. The molecule has 0 saturated heterocycles. The van der Waals surface area contributed by atoms with Crippen molar-refractivity contribution in [3.05, 3.63) is 0 Å². The third-order valence-corrected chi connectivity index (χ3v) is 2.46. The molecule has 0 heterocycles. The SMILES string of the molecule is CCN(C)C(N)(CC)CC. The minimum absolute atomic E-state index is 0.0747. The zero-order valence-electron chi connectivity index (χ0n) is 7.65. The minimum Gasteiger partial charge on any atom is -0.313 e. The van der Waals surface area contributed by atoms with Gasteiger partial charge in [-0.1, -0.05) is 20.8 Å². The first kappa shape index (κ1) is 9.92. The van der Waals surface area contributed by atoms with Crippen molar-refractivity contribution in [3.63, 3.8) is 0 Å². The van der Waals surface area contributed by atoms with E-state index in [4.69, 9.17) is 5.73 Å². The van der Waals surface area contributed by atoms with Crippen LogP contribution in [0.4, 0.5) is 0 Å². The van der Waals surface area contributed by atoms with E-state index in [1.165, 1.54) is 0 Å². The topological polar surface area (TPSA) is 29.3 Å². The molecule has 0 aliphatic heterocycles. The van der Waals surface area contributed by atoms with Crippen molar-refractivity contribution in [1.29, 1.82) is 0 Å². The average molecular weight is 144 g/mol. The van der Waals surface area contributed by atoms with E-state index in [2.05, 4.69) is 32.7 Å². The van der Waals surface area contributed by atoms with Crippen LogP contribution in [0.15, 0.2) is 0 Å². The highest BCUT2D eigenvalue weighted by atomic mass is 15.2. The van der Waals surface area contributed by atoms with Gasteiger partial charge in [-0.3, -0.25) is 4.90 Å². The normalized spacial score (nSPS) is 12.6. The second-order valence-corrected chi connectivity index (χ2v) is 2.82. The van der Waals surface area contributed by atoms with Crippen LogP contribution in [0.5, 0.6) is 0 Å². The molecule has 0 rings (SSSR count). The Morgan fingerprint density at radius 1 is 1.20 bits per heavy atom. The monoisotopic (exact) mass is 144 g/mol. The maximum Gasteiger partial charge on any atom is 0.0679 e. The van der Waals surface area contributed by atoms with E-state index in [9.17, 15) is 0 Å². The van der Waals surface area contributed by atoms with Crippen LogP contribution in [0, 0.1) is 0 Å². The highest BCUT2D eigenvalue weighted by Crippen LogP contribution is 2.14. The molecule has 2 nitrogen and oxygen atoms in total. The molecule has 62 valence electrons. The summed E-state index contributed by atoms with van der Waals surface area (Å²) in [4.78, 5) is 2.20. The van der Waals surface area contributed by atoms with Crippen molar-refractivity contribution in [2.24, 2.45) is 5.73 Å². The summed E-state index contributed by atoms with van der Waals surface area (Å²) in [7, 11) is 2.08. The lowest BCUT2D eigenvalue weighted by atomic mass is 10.0. The fourth-order valence-electron chi connectivity index (χ4n) is 1.10. The zero-order valence-corrected chi connectivity index (χ0v) is 7.65. The molecule has 0 radical (unpaired) electrons. The van der Waals surface area contributed by atoms with Crippen LogP contribution in [0.25, 0.3) is 0 Å². The summed E-state index contributed by atoms with van der Waals surface area (Å²) >= 11 is 0. The minimum atomic E-state index is -0.0747. The van der Waals surface area contributed by atoms with Crippen LogP contribution in [-0.4, -0.2) is 24.2 Å². The molecule has 0 bridgehead atoms. The largest absolute Gasteiger partial charge is 0.313 e. The van der Waals surface area contributed by atoms with Crippen molar-refractivity contribution >= 4 is 0 Å². The Hall–Kier alpha value is -0.0800. The number of nitrogens with zero attached hydrogens (tertiary/aromatic N) is 1. The lowest BCUT2D eigenvalue weighted by Crippen LogP contribution is -2.53. The van der Waals surface area contributed by atoms with Gasteiger partial charge >= 0.3 is 0 Å². The molecule has 2 heteroatoms. The van der Waals surface area contributed by atoms with Crippen molar-refractivity contribution in [2.45, 2.75) is 39.3 Å². The van der Waals surface area contributed by atoms with Gasteiger partial charge in [0.2, 0.25) is 0 Å². The molecule has 0 saturated carbocycles. The molecular formula is C8H20N2. The Bertz CT molecular complexity index is 87.3. The average Bonchev–Trinajstić information content (AvgIpc) is 2.01. The van der Waals surface area contributed by atoms with Gasteiger partial charge < -0.3 is 5.73 Å². The molecule has 0 aromatic carbocycles. The second kappa shape index (κ2) is 3.94. The van der Waals surface area contributed by atoms with Crippen LogP contribution in [0.2, 0.25) is 0 Å². The predicted molar refractivity (Wildman–Crippen MR) is 45.8 cm³/mol. The zero-order chi connectivity index (χ0) is 8.20. The molecular weight excluding hydrogens is 124 g/mol. The van der Waals surface area contributed by atoms with Crippen molar-refractivity contribution in [3.8, 4) is 0 Å². The number of rotatable bonds is 4. The maximum atomic E-state index is 6.08. The number of hydrogen-bond acceptors (Lipinski definition) is 2. The Labute approximate surface area is 64.4 Å². The molecule has 0 fully saturated rings. The van der Waals surface area contributed by atoms with Gasteiger partial charge in [0.05, 0.1) is 5.66 Å². The smallest absolute Gasteiger partial charge is 0.0679 e. The first-order valence-corrected chi connectivity index (χ1v) is 4.10. The first-order chi connectivity index (χ1) is 4.60. The van der Waals surface area contributed by atoms with Gasteiger partial charge in [0.25, 0.3) is 0 Å². The summed E-state index contributed by atoms with van der Waals surface area (Å²) in [5, 5.41) is 0. The van der Waals surface area contributed by atoms with E-state index in [-0.39, 0.29) is 5.66 Å². The van der Waals surface area contributed by atoms with Gasteiger partial charge in [-0.25, -0.2) is 0 Å². The lowest BCUT2D eigenvalue weighted by molar-refractivity contribution is 0.121. The number of hydrogen-bond donors (Lipinski definition) is 1.